The number of hydrazine groups is 2. The molecular formula is C34H40ClN9O2. The average Bonchev–Trinajstić information content (AvgIpc) is 3.70. The van der Waals surface area contributed by atoms with Crippen LogP contribution in [-0.2, 0) is 6.54 Å². The zero-order valence-corrected chi connectivity index (χ0v) is 27.2. The zero-order chi connectivity index (χ0) is 31.8. The number of hydrogen-bond acceptors (Lipinski definition) is 10. The van der Waals surface area contributed by atoms with Crippen molar-refractivity contribution in [1.29, 1.82) is 0 Å². The van der Waals surface area contributed by atoms with Gasteiger partial charge in [0.05, 0.1) is 17.9 Å². The number of halogens is 1. The topological polar surface area (TPSA) is 112 Å². The van der Waals surface area contributed by atoms with E-state index in [0.29, 0.717) is 40.2 Å². The van der Waals surface area contributed by atoms with Crippen molar-refractivity contribution >= 4 is 34.3 Å². The fraction of sp³-hybridized carbons (Fsp3) is 0.382. The smallest absolute Gasteiger partial charge is 0.260 e. The van der Waals surface area contributed by atoms with Crippen LogP contribution in [0, 0.1) is 12.8 Å². The van der Waals surface area contributed by atoms with E-state index in [1.165, 1.54) is 0 Å². The van der Waals surface area contributed by atoms with Gasteiger partial charge in [0.2, 0.25) is 5.95 Å². The highest BCUT2D eigenvalue weighted by Crippen LogP contribution is 2.31. The maximum Gasteiger partial charge on any atom is 0.260 e. The van der Waals surface area contributed by atoms with Crippen molar-refractivity contribution in [2.75, 3.05) is 45.6 Å². The minimum Gasteiger partial charge on any atom is -0.490 e. The van der Waals surface area contributed by atoms with E-state index in [1.54, 1.807) is 10.8 Å². The lowest BCUT2D eigenvalue weighted by atomic mass is 10.0. The molecule has 4 N–H and O–H groups in total. The van der Waals surface area contributed by atoms with Crippen LogP contribution in [0.25, 0.3) is 22.2 Å². The molecule has 240 valence electrons. The van der Waals surface area contributed by atoms with Gasteiger partial charge in [0.15, 0.2) is 0 Å². The van der Waals surface area contributed by atoms with Gasteiger partial charge in [-0.1, -0.05) is 23.7 Å². The van der Waals surface area contributed by atoms with Gasteiger partial charge < -0.3 is 25.7 Å². The molecule has 0 amide bonds. The number of pyridine rings is 1. The van der Waals surface area contributed by atoms with E-state index in [-0.39, 0.29) is 11.7 Å². The first-order chi connectivity index (χ1) is 22.3. The van der Waals surface area contributed by atoms with Crippen LogP contribution in [0.5, 0.6) is 5.75 Å². The number of aryl methyl sites for hydroxylation is 1. The van der Waals surface area contributed by atoms with Crippen LogP contribution in [0.1, 0.15) is 24.8 Å². The number of nitrogens with zero attached hydrogens (tertiary/aromatic N) is 5. The summed E-state index contributed by atoms with van der Waals surface area (Å²) in [5.41, 5.74) is 12.0. The minimum atomic E-state index is -0.175. The predicted molar refractivity (Wildman–Crippen MR) is 182 cm³/mol. The molecule has 46 heavy (non-hydrogen) atoms. The van der Waals surface area contributed by atoms with Gasteiger partial charge in [-0.2, -0.15) is 4.98 Å². The molecular weight excluding hydrogens is 602 g/mol. The normalized spacial score (nSPS) is 19.2. The summed E-state index contributed by atoms with van der Waals surface area (Å²) >= 11 is 6.68. The molecule has 1 unspecified atom stereocenters. The van der Waals surface area contributed by atoms with Gasteiger partial charge in [-0.25, -0.2) is 4.98 Å². The quantitative estimate of drug-likeness (QED) is 0.221. The maximum absolute atomic E-state index is 14.3. The first-order valence-electron chi connectivity index (χ1n) is 15.9. The Bertz CT molecular complexity index is 1830. The number of allylic oxidation sites excluding steroid dienone is 1. The van der Waals surface area contributed by atoms with Crippen molar-refractivity contribution in [3.05, 3.63) is 87.1 Å². The average molecular weight is 642 g/mol. The maximum atomic E-state index is 14.3. The molecule has 0 saturated carbocycles. The van der Waals surface area contributed by atoms with E-state index in [0.717, 1.165) is 79.2 Å². The molecule has 3 aliphatic rings. The van der Waals surface area contributed by atoms with Crippen molar-refractivity contribution in [1.82, 2.24) is 40.7 Å². The Kier molecular flexibility index (Phi) is 8.56. The molecule has 5 heterocycles. The predicted octanol–water partition coefficient (Wildman–Crippen LogP) is 4.41. The second-order valence-corrected chi connectivity index (χ2v) is 12.9. The van der Waals surface area contributed by atoms with Gasteiger partial charge >= 0.3 is 0 Å². The Morgan fingerprint density at radius 2 is 1.85 bits per heavy atom. The Hall–Kier alpha value is -4.16. The van der Waals surface area contributed by atoms with E-state index in [9.17, 15) is 4.79 Å². The van der Waals surface area contributed by atoms with Crippen LogP contribution in [0.2, 0.25) is 5.02 Å². The molecule has 12 heteroatoms. The molecule has 7 rings (SSSR count). The molecule has 11 nitrogen and oxygen atoms in total. The summed E-state index contributed by atoms with van der Waals surface area (Å²) in [6.45, 7) is 6.23. The Balaban J connectivity index is 1.23. The van der Waals surface area contributed by atoms with Crippen LogP contribution in [0.4, 0.5) is 11.6 Å². The third-order valence-corrected chi connectivity index (χ3v) is 9.44. The Labute approximate surface area is 273 Å². The van der Waals surface area contributed by atoms with Gasteiger partial charge in [0, 0.05) is 66.0 Å². The van der Waals surface area contributed by atoms with Crippen molar-refractivity contribution in [3.8, 4) is 16.9 Å². The highest BCUT2D eigenvalue weighted by atomic mass is 35.5. The lowest BCUT2D eigenvalue weighted by molar-refractivity contribution is 0.114. The molecule has 0 aliphatic carbocycles. The number of likely N-dealkylation sites (tertiary alicyclic amines) is 1. The number of nitrogens with one attached hydrogen (secondary N) is 4. The summed E-state index contributed by atoms with van der Waals surface area (Å²) in [5.74, 6) is 1.58. The minimum absolute atomic E-state index is 0.175. The molecule has 0 spiro atoms. The molecule has 3 aliphatic heterocycles. The fourth-order valence-electron chi connectivity index (χ4n) is 6.60. The van der Waals surface area contributed by atoms with Gasteiger partial charge in [-0.05, 0) is 81.7 Å². The summed E-state index contributed by atoms with van der Waals surface area (Å²) in [5, 5.41) is 10.0. The Morgan fingerprint density at radius 1 is 1.04 bits per heavy atom. The lowest BCUT2D eigenvalue weighted by Crippen LogP contribution is -2.36. The Morgan fingerprint density at radius 3 is 2.59 bits per heavy atom. The first kappa shape index (κ1) is 30.5. The molecule has 2 aromatic carbocycles. The first-order valence-corrected chi connectivity index (χ1v) is 16.3. The molecule has 2 saturated heterocycles. The van der Waals surface area contributed by atoms with E-state index >= 15 is 0 Å². The summed E-state index contributed by atoms with van der Waals surface area (Å²) < 4.78 is 7.94. The second-order valence-electron chi connectivity index (χ2n) is 12.5. The van der Waals surface area contributed by atoms with Crippen LogP contribution in [0.3, 0.4) is 0 Å². The van der Waals surface area contributed by atoms with Crippen LogP contribution in [0.15, 0.2) is 70.9 Å². The van der Waals surface area contributed by atoms with E-state index in [2.05, 4.69) is 38.5 Å². The highest BCUT2D eigenvalue weighted by molar-refractivity contribution is 6.33. The number of rotatable bonds is 8. The third kappa shape index (κ3) is 6.28. The monoisotopic (exact) mass is 641 g/mol. The summed E-state index contributed by atoms with van der Waals surface area (Å²) in [6.07, 6.45) is 5.07. The van der Waals surface area contributed by atoms with Gasteiger partial charge in [0.1, 0.15) is 17.5 Å². The van der Waals surface area contributed by atoms with Crippen molar-refractivity contribution in [2.24, 2.45) is 5.92 Å². The van der Waals surface area contributed by atoms with Gasteiger partial charge in [-0.15, -0.1) is 5.53 Å². The number of ether oxygens (including phenoxy) is 1. The van der Waals surface area contributed by atoms with E-state index < -0.39 is 0 Å². The summed E-state index contributed by atoms with van der Waals surface area (Å²) in [4.78, 5) is 26.2. The molecule has 2 aromatic heterocycles. The molecule has 0 bridgehead atoms. The molecule has 4 aromatic rings. The number of piperidine rings is 1. The number of anilines is 2. The highest BCUT2D eigenvalue weighted by Gasteiger charge is 2.30. The van der Waals surface area contributed by atoms with Crippen LogP contribution >= 0.6 is 11.6 Å². The van der Waals surface area contributed by atoms with Crippen molar-refractivity contribution in [2.45, 2.75) is 38.8 Å². The van der Waals surface area contributed by atoms with Gasteiger partial charge in [0.25, 0.3) is 5.56 Å². The summed E-state index contributed by atoms with van der Waals surface area (Å²) in [6, 6.07) is 15.4. The number of aromatic nitrogens is 3. The number of hydrogen-bond donors (Lipinski definition) is 4. The molecule has 2 fully saturated rings. The standard InChI is InChI=1S/C34H40ClN9O2/c1-21-4-9-27(29(35)16-21)28-17-23-19-37-34(38-24-5-7-25(8-6-24)46-26-11-14-42(2)15-12-26)39-32(23)44(33(28)45)20-30-31(43(3)41-40-30)22-10-13-36-18-22/h4-9,16-17,19,22,26,36,40-41H,10-15,18,20H2,1-3H3,(H,37,38,39). The van der Waals surface area contributed by atoms with Crippen LogP contribution in [-0.4, -0.2) is 70.8 Å². The largest absolute Gasteiger partial charge is 0.490 e. The van der Waals surface area contributed by atoms with Crippen molar-refractivity contribution < 1.29 is 4.74 Å². The zero-order valence-electron chi connectivity index (χ0n) is 26.4. The van der Waals surface area contributed by atoms with E-state index in [1.807, 2.05) is 67.5 Å². The number of benzene rings is 2. The van der Waals surface area contributed by atoms with Gasteiger partial charge in [-0.3, -0.25) is 14.4 Å². The lowest BCUT2D eigenvalue weighted by Gasteiger charge is -2.29. The molecule has 0 radical (unpaired) electrons. The van der Waals surface area contributed by atoms with E-state index in [4.69, 9.17) is 21.3 Å². The number of fused-ring (bicyclic) bond motifs is 1. The molecule has 1 atom stereocenters. The third-order valence-electron chi connectivity index (χ3n) is 9.13. The SMILES string of the molecule is Cc1ccc(-c2cc3cnc(Nc4ccc(OC5CCN(C)CC5)cc4)nc3n(CC3=C(C4CCNC4)N(C)NN3)c2=O)c(Cl)c1. The second kappa shape index (κ2) is 12.9. The van der Waals surface area contributed by atoms with Crippen LogP contribution < -0.4 is 31.9 Å². The van der Waals surface area contributed by atoms with Crippen molar-refractivity contribution in [3.63, 3.8) is 0 Å². The summed E-state index contributed by atoms with van der Waals surface area (Å²) in [7, 11) is 4.14. The fourth-order valence-corrected chi connectivity index (χ4v) is 6.94.